The molecule has 1 atom stereocenters. The minimum absolute atomic E-state index is 0.0751. The average molecular weight is 266 g/mol. The lowest BCUT2D eigenvalue weighted by atomic mass is 10.1. The highest BCUT2D eigenvalue weighted by Gasteiger charge is 2.11. The van der Waals surface area contributed by atoms with Crippen molar-refractivity contribution in [2.45, 2.75) is 6.04 Å². The zero-order valence-electron chi connectivity index (χ0n) is 6.80. The largest absolute Gasteiger partial charge is 0.508 e. The van der Waals surface area contributed by atoms with Gasteiger partial charge in [0.15, 0.2) is 0 Å². The Morgan fingerprint density at radius 3 is 2.69 bits per heavy atom. The molecule has 0 radical (unpaired) electrons. The van der Waals surface area contributed by atoms with Crippen molar-refractivity contribution in [1.29, 1.82) is 0 Å². The molecule has 13 heavy (non-hydrogen) atoms. The maximum Gasteiger partial charge on any atom is 0.121 e. The van der Waals surface area contributed by atoms with Crippen LogP contribution in [0.15, 0.2) is 16.6 Å². The number of aromatic hydroxyl groups is 1. The Bertz CT molecular complexity index is 319. The SMILES string of the molecule is NC[C@@H](N)c1cc(Br)c(Cl)cc1O. The molecule has 0 saturated heterocycles. The van der Waals surface area contributed by atoms with Crippen LogP contribution in [0.25, 0.3) is 0 Å². The van der Waals surface area contributed by atoms with Crippen molar-refractivity contribution in [3.05, 3.63) is 27.2 Å². The van der Waals surface area contributed by atoms with E-state index in [4.69, 9.17) is 23.1 Å². The van der Waals surface area contributed by atoms with E-state index in [1.54, 1.807) is 6.07 Å². The molecule has 0 aliphatic heterocycles. The predicted octanol–water partition coefficient (Wildman–Crippen LogP) is 1.77. The third kappa shape index (κ3) is 2.34. The van der Waals surface area contributed by atoms with Gasteiger partial charge in [0, 0.05) is 22.6 Å². The Hall–Kier alpha value is -0.290. The van der Waals surface area contributed by atoms with Crippen molar-refractivity contribution in [2.75, 3.05) is 6.54 Å². The Labute approximate surface area is 89.8 Å². The molecule has 72 valence electrons. The molecule has 3 nitrogen and oxygen atoms in total. The highest BCUT2D eigenvalue weighted by Crippen LogP contribution is 2.32. The number of phenolic OH excluding ortho intramolecular Hbond substituents is 1. The first kappa shape index (κ1) is 10.8. The van der Waals surface area contributed by atoms with Crippen LogP contribution in [0.1, 0.15) is 11.6 Å². The van der Waals surface area contributed by atoms with Gasteiger partial charge in [-0.3, -0.25) is 0 Å². The third-order valence-electron chi connectivity index (χ3n) is 1.72. The maximum atomic E-state index is 9.48. The highest BCUT2D eigenvalue weighted by molar-refractivity contribution is 9.10. The van der Waals surface area contributed by atoms with Gasteiger partial charge in [-0.05, 0) is 28.1 Å². The summed E-state index contributed by atoms with van der Waals surface area (Å²) in [5, 5.41) is 9.93. The first-order valence-electron chi connectivity index (χ1n) is 3.69. The molecule has 1 aromatic rings. The van der Waals surface area contributed by atoms with Crippen LogP contribution < -0.4 is 11.5 Å². The Morgan fingerprint density at radius 2 is 2.15 bits per heavy atom. The molecule has 0 aromatic heterocycles. The molecule has 0 bridgehead atoms. The topological polar surface area (TPSA) is 72.3 Å². The molecule has 0 heterocycles. The molecule has 1 rings (SSSR count). The standard InChI is InChI=1S/C8H10BrClN2O/c9-5-1-4(7(12)3-11)8(13)2-6(5)10/h1-2,7,13H,3,11-12H2/t7-/m1/s1. The minimum atomic E-state index is -0.367. The van der Waals surface area contributed by atoms with E-state index in [0.717, 1.165) is 0 Å². The summed E-state index contributed by atoms with van der Waals surface area (Å²) < 4.78 is 0.700. The second kappa shape index (κ2) is 4.28. The molecular weight excluding hydrogens is 255 g/mol. The summed E-state index contributed by atoms with van der Waals surface area (Å²) in [6, 6.07) is 2.75. The van der Waals surface area contributed by atoms with E-state index in [9.17, 15) is 5.11 Å². The van der Waals surface area contributed by atoms with Crippen LogP contribution in [0.2, 0.25) is 5.02 Å². The van der Waals surface area contributed by atoms with Crippen molar-refractivity contribution < 1.29 is 5.11 Å². The molecule has 0 spiro atoms. The molecule has 1 aromatic carbocycles. The van der Waals surface area contributed by atoms with E-state index in [-0.39, 0.29) is 18.3 Å². The fourth-order valence-electron chi connectivity index (χ4n) is 0.976. The van der Waals surface area contributed by atoms with Gasteiger partial charge in [-0.25, -0.2) is 0 Å². The van der Waals surface area contributed by atoms with E-state index in [1.165, 1.54) is 6.07 Å². The zero-order chi connectivity index (χ0) is 10.0. The van der Waals surface area contributed by atoms with E-state index in [0.29, 0.717) is 15.1 Å². The highest BCUT2D eigenvalue weighted by atomic mass is 79.9. The lowest BCUT2D eigenvalue weighted by molar-refractivity contribution is 0.462. The summed E-state index contributed by atoms with van der Waals surface area (Å²) >= 11 is 8.99. The van der Waals surface area contributed by atoms with Gasteiger partial charge in [-0.15, -0.1) is 0 Å². The molecule has 5 N–H and O–H groups in total. The van der Waals surface area contributed by atoms with E-state index in [1.807, 2.05) is 0 Å². The van der Waals surface area contributed by atoms with E-state index in [2.05, 4.69) is 15.9 Å². The lowest BCUT2D eigenvalue weighted by Gasteiger charge is -2.12. The van der Waals surface area contributed by atoms with Gasteiger partial charge in [0.1, 0.15) is 5.75 Å². The van der Waals surface area contributed by atoms with Gasteiger partial charge in [-0.2, -0.15) is 0 Å². The molecular formula is C8H10BrClN2O. The Balaban J connectivity index is 3.15. The van der Waals surface area contributed by atoms with Gasteiger partial charge < -0.3 is 16.6 Å². The van der Waals surface area contributed by atoms with Crippen LogP contribution in [0.4, 0.5) is 0 Å². The molecule has 0 aliphatic carbocycles. The Morgan fingerprint density at radius 1 is 1.54 bits per heavy atom. The fourth-order valence-corrected chi connectivity index (χ4v) is 1.49. The smallest absolute Gasteiger partial charge is 0.121 e. The fraction of sp³-hybridized carbons (Fsp3) is 0.250. The van der Waals surface area contributed by atoms with Crippen molar-refractivity contribution in [1.82, 2.24) is 0 Å². The van der Waals surface area contributed by atoms with Crippen LogP contribution in [0.5, 0.6) is 5.75 Å². The van der Waals surface area contributed by atoms with Crippen molar-refractivity contribution >= 4 is 27.5 Å². The van der Waals surface area contributed by atoms with Crippen LogP contribution in [-0.4, -0.2) is 11.7 Å². The number of nitrogens with two attached hydrogens (primary N) is 2. The number of hydrogen-bond donors (Lipinski definition) is 3. The van der Waals surface area contributed by atoms with Crippen LogP contribution in [0, 0.1) is 0 Å². The first-order chi connectivity index (χ1) is 6.06. The number of phenols is 1. The second-order valence-electron chi connectivity index (χ2n) is 2.67. The normalized spacial score (nSPS) is 12.9. The van der Waals surface area contributed by atoms with Gasteiger partial charge in [0.25, 0.3) is 0 Å². The van der Waals surface area contributed by atoms with Gasteiger partial charge in [0.2, 0.25) is 0 Å². The van der Waals surface area contributed by atoms with Gasteiger partial charge in [0.05, 0.1) is 5.02 Å². The molecule has 0 fully saturated rings. The predicted molar refractivity (Wildman–Crippen MR) is 56.8 cm³/mol. The van der Waals surface area contributed by atoms with Gasteiger partial charge >= 0.3 is 0 Å². The number of halogens is 2. The molecule has 0 unspecified atom stereocenters. The molecule has 0 saturated carbocycles. The summed E-state index contributed by atoms with van der Waals surface area (Å²) in [6.07, 6.45) is 0. The number of hydrogen-bond acceptors (Lipinski definition) is 3. The second-order valence-corrected chi connectivity index (χ2v) is 3.93. The maximum absolute atomic E-state index is 9.48. The van der Waals surface area contributed by atoms with Gasteiger partial charge in [-0.1, -0.05) is 11.6 Å². The lowest BCUT2D eigenvalue weighted by Crippen LogP contribution is -2.20. The monoisotopic (exact) mass is 264 g/mol. The summed E-state index contributed by atoms with van der Waals surface area (Å²) in [4.78, 5) is 0. The Kier molecular flexibility index (Phi) is 3.55. The first-order valence-corrected chi connectivity index (χ1v) is 4.87. The van der Waals surface area contributed by atoms with Crippen molar-refractivity contribution in [2.24, 2.45) is 11.5 Å². The summed E-state index contributed by atoms with van der Waals surface area (Å²) in [5.74, 6) is 0.0751. The average Bonchev–Trinajstić information content (AvgIpc) is 2.10. The third-order valence-corrected chi connectivity index (χ3v) is 2.92. The summed E-state index contributed by atoms with van der Waals surface area (Å²) in [7, 11) is 0. The summed E-state index contributed by atoms with van der Waals surface area (Å²) in [6.45, 7) is 0.279. The van der Waals surface area contributed by atoms with Crippen LogP contribution >= 0.6 is 27.5 Å². The molecule has 0 aliphatic rings. The van der Waals surface area contributed by atoms with Crippen molar-refractivity contribution in [3.63, 3.8) is 0 Å². The zero-order valence-corrected chi connectivity index (χ0v) is 9.14. The number of rotatable bonds is 2. The minimum Gasteiger partial charge on any atom is -0.508 e. The van der Waals surface area contributed by atoms with Crippen molar-refractivity contribution in [3.8, 4) is 5.75 Å². The summed E-state index contributed by atoms with van der Waals surface area (Å²) in [5.41, 5.74) is 11.6. The number of benzene rings is 1. The van der Waals surface area contributed by atoms with E-state index >= 15 is 0 Å². The molecule has 5 heteroatoms. The quantitative estimate of drug-likeness (QED) is 0.763. The van der Waals surface area contributed by atoms with E-state index < -0.39 is 0 Å². The van der Waals surface area contributed by atoms with Crippen LogP contribution in [0.3, 0.4) is 0 Å². The molecule has 0 amide bonds. The van der Waals surface area contributed by atoms with Crippen LogP contribution in [-0.2, 0) is 0 Å².